The van der Waals surface area contributed by atoms with Gasteiger partial charge < -0.3 is 0 Å². The molecule has 0 fully saturated rings. The number of alkyl halides is 3. The fourth-order valence-electron chi connectivity index (χ4n) is 0.597. The van der Waals surface area contributed by atoms with Gasteiger partial charge in [0, 0.05) is 6.20 Å². The van der Waals surface area contributed by atoms with Crippen LogP contribution in [0.2, 0.25) is 0 Å². The average Bonchev–Trinajstić information content (AvgIpc) is 2.29. The Hall–Kier alpha value is -1.09. The van der Waals surface area contributed by atoms with Crippen LogP contribution in [0.15, 0.2) is 17.3 Å². The summed E-state index contributed by atoms with van der Waals surface area (Å²) < 4.78 is 57.0. The molecule has 0 aliphatic carbocycles. The summed E-state index contributed by atoms with van der Waals surface area (Å²) in [5.41, 5.74) is 0. The first kappa shape index (κ1) is 9.99. The number of hydrogen-bond donors (Lipinski definition) is 2. The highest BCUT2D eigenvalue weighted by atomic mass is 32.2. The van der Waals surface area contributed by atoms with Crippen molar-refractivity contribution in [2.45, 2.75) is 11.2 Å². The Morgan fingerprint density at radius 2 is 2.08 bits per heavy atom. The molecule has 0 unspecified atom stereocenters. The molecule has 74 valence electrons. The molecule has 13 heavy (non-hydrogen) atoms. The predicted molar refractivity (Wildman–Crippen MR) is 35.0 cm³/mol. The van der Waals surface area contributed by atoms with Crippen molar-refractivity contribution in [2.24, 2.45) is 0 Å². The van der Waals surface area contributed by atoms with E-state index in [9.17, 15) is 21.6 Å². The Balaban J connectivity index is 2.93. The van der Waals surface area contributed by atoms with Gasteiger partial charge in [-0.15, -0.1) is 4.72 Å². The highest BCUT2D eigenvalue weighted by Crippen LogP contribution is 2.15. The minimum absolute atomic E-state index is 0.510. The molecule has 0 saturated heterocycles. The molecule has 0 radical (unpaired) electrons. The zero-order valence-electron chi connectivity index (χ0n) is 5.96. The molecule has 0 aliphatic rings. The summed E-state index contributed by atoms with van der Waals surface area (Å²) in [7, 11) is -4.54. The SMILES string of the molecule is O=S(=O)(NC(F)(F)F)c1cn[nH]c1. The first-order valence-corrected chi connectivity index (χ1v) is 4.39. The smallest absolute Gasteiger partial charge is 0.284 e. The van der Waals surface area contributed by atoms with E-state index in [2.05, 4.69) is 10.2 Å². The van der Waals surface area contributed by atoms with Crippen molar-refractivity contribution in [3.8, 4) is 0 Å². The van der Waals surface area contributed by atoms with Crippen LogP contribution in [-0.4, -0.2) is 24.9 Å². The minimum atomic E-state index is -4.98. The van der Waals surface area contributed by atoms with Crippen molar-refractivity contribution in [3.63, 3.8) is 0 Å². The standard InChI is InChI=1S/C4H4F3N3O2S/c5-4(6,7)10-13(11,12)3-1-8-9-2-3/h1-2,10H,(H,8,9). The normalized spacial score (nSPS) is 13.2. The third-order valence-electron chi connectivity index (χ3n) is 1.03. The van der Waals surface area contributed by atoms with E-state index >= 15 is 0 Å². The monoisotopic (exact) mass is 215 g/mol. The lowest BCUT2D eigenvalue weighted by molar-refractivity contribution is -0.138. The van der Waals surface area contributed by atoms with Gasteiger partial charge in [-0.25, -0.2) is 8.42 Å². The number of nitrogens with zero attached hydrogens (tertiary/aromatic N) is 1. The highest BCUT2D eigenvalue weighted by Gasteiger charge is 2.35. The van der Waals surface area contributed by atoms with Crippen LogP contribution in [-0.2, 0) is 10.0 Å². The average molecular weight is 215 g/mol. The van der Waals surface area contributed by atoms with Crippen molar-refractivity contribution in [1.82, 2.24) is 14.9 Å². The van der Waals surface area contributed by atoms with Crippen molar-refractivity contribution in [1.29, 1.82) is 0 Å². The summed E-state index contributed by atoms with van der Waals surface area (Å²) >= 11 is 0. The Kier molecular flexibility index (Phi) is 2.30. The largest absolute Gasteiger partial charge is 0.470 e. The number of nitrogens with one attached hydrogen (secondary N) is 2. The molecule has 9 heteroatoms. The molecule has 2 N–H and O–H groups in total. The molecule has 1 heterocycles. The zero-order chi connectivity index (χ0) is 10.1. The lowest BCUT2D eigenvalue weighted by Gasteiger charge is -2.06. The van der Waals surface area contributed by atoms with Crippen LogP contribution < -0.4 is 4.72 Å². The quantitative estimate of drug-likeness (QED) is 0.692. The van der Waals surface area contributed by atoms with Crippen LogP contribution in [0.3, 0.4) is 0 Å². The van der Waals surface area contributed by atoms with Gasteiger partial charge in [0.15, 0.2) is 0 Å². The van der Waals surface area contributed by atoms with Gasteiger partial charge in [-0.05, 0) is 0 Å². The van der Waals surface area contributed by atoms with Crippen LogP contribution in [0.1, 0.15) is 0 Å². The maximum atomic E-state index is 11.6. The molecule has 1 aromatic heterocycles. The topological polar surface area (TPSA) is 74.8 Å². The summed E-state index contributed by atoms with van der Waals surface area (Å²) in [4.78, 5) is -0.565. The number of halogens is 3. The van der Waals surface area contributed by atoms with Gasteiger partial charge in [-0.2, -0.15) is 18.3 Å². The molecule has 5 nitrogen and oxygen atoms in total. The minimum Gasteiger partial charge on any atom is -0.284 e. The summed E-state index contributed by atoms with van der Waals surface area (Å²) in [5.74, 6) is 0. The summed E-state index contributed by atoms with van der Waals surface area (Å²) in [6, 6.07) is 0. The number of sulfonamides is 1. The highest BCUT2D eigenvalue weighted by molar-refractivity contribution is 7.89. The van der Waals surface area contributed by atoms with E-state index in [1.807, 2.05) is 0 Å². The second-order valence-corrected chi connectivity index (χ2v) is 3.72. The van der Waals surface area contributed by atoms with Crippen LogP contribution >= 0.6 is 0 Å². The van der Waals surface area contributed by atoms with E-state index < -0.39 is 21.2 Å². The van der Waals surface area contributed by atoms with Crippen molar-refractivity contribution >= 4 is 10.0 Å². The van der Waals surface area contributed by atoms with Gasteiger partial charge in [0.1, 0.15) is 4.90 Å². The number of aromatic amines is 1. The van der Waals surface area contributed by atoms with Crippen molar-refractivity contribution in [3.05, 3.63) is 12.4 Å². The molecule has 0 saturated carbocycles. The van der Waals surface area contributed by atoms with Crippen LogP contribution in [0.25, 0.3) is 0 Å². The molecule has 0 bridgehead atoms. The van der Waals surface area contributed by atoms with Gasteiger partial charge in [-0.1, -0.05) is 0 Å². The molecular weight excluding hydrogens is 211 g/mol. The zero-order valence-corrected chi connectivity index (χ0v) is 6.78. The number of rotatable bonds is 2. The molecule has 0 amide bonds. The maximum absolute atomic E-state index is 11.6. The van der Waals surface area contributed by atoms with Crippen molar-refractivity contribution in [2.75, 3.05) is 0 Å². The molecule has 0 atom stereocenters. The first-order chi connectivity index (χ1) is 5.81. The molecule has 0 aliphatic heterocycles. The Morgan fingerprint density at radius 1 is 1.46 bits per heavy atom. The van der Waals surface area contributed by atoms with E-state index in [-0.39, 0.29) is 0 Å². The van der Waals surface area contributed by atoms with Gasteiger partial charge in [0.2, 0.25) is 0 Å². The second-order valence-electron chi connectivity index (χ2n) is 2.04. The lowest BCUT2D eigenvalue weighted by Crippen LogP contribution is -2.36. The summed E-state index contributed by atoms with van der Waals surface area (Å²) in [6.07, 6.45) is -3.36. The Bertz CT molecular complexity index is 368. The van der Waals surface area contributed by atoms with Gasteiger partial charge in [0.05, 0.1) is 6.20 Å². The van der Waals surface area contributed by atoms with Gasteiger partial charge in [0.25, 0.3) is 10.0 Å². The van der Waals surface area contributed by atoms with E-state index in [1.165, 1.54) is 0 Å². The first-order valence-electron chi connectivity index (χ1n) is 2.91. The Labute approximate surface area is 71.0 Å². The summed E-state index contributed by atoms with van der Waals surface area (Å²) in [5, 5.41) is 5.29. The third-order valence-corrected chi connectivity index (χ3v) is 2.38. The summed E-state index contributed by atoms with van der Waals surface area (Å²) in [6.45, 7) is 0. The molecule has 0 spiro atoms. The molecular formula is C4H4F3N3O2S. The maximum Gasteiger partial charge on any atom is 0.470 e. The fraction of sp³-hybridized carbons (Fsp3) is 0.250. The Morgan fingerprint density at radius 3 is 2.46 bits per heavy atom. The fourth-order valence-corrected chi connectivity index (χ4v) is 1.42. The lowest BCUT2D eigenvalue weighted by atomic mass is 10.7. The van der Waals surface area contributed by atoms with E-state index in [1.54, 1.807) is 0 Å². The van der Waals surface area contributed by atoms with E-state index in [4.69, 9.17) is 0 Å². The van der Waals surface area contributed by atoms with Crippen LogP contribution in [0.5, 0.6) is 0 Å². The second kappa shape index (κ2) is 3.00. The molecule has 1 rings (SSSR count). The number of aromatic nitrogens is 2. The van der Waals surface area contributed by atoms with Crippen LogP contribution in [0, 0.1) is 0 Å². The van der Waals surface area contributed by atoms with Crippen molar-refractivity contribution < 1.29 is 21.6 Å². The van der Waals surface area contributed by atoms with Gasteiger partial charge >= 0.3 is 6.30 Å². The van der Waals surface area contributed by atoms with E-state index in [0.717, 1.165) is 12.4 Å². The predicted octanol–water partition coefficient (Wildman–Crippen LogP) is 0.208. The molecule has 1 aromatic rings. The van der Waals surface area contributed by atoms with E-state index in [0.29, 0.717) is 4.72 Å². The molecule has 0 aromatic carbocycles. The third kappa shape index (κ3) is 2.70. The van der Waals surface area contributed by atoms with Gasteiger partial charge in [-0.3, -0.25) is 5.10 Å². The number of H-pyrrole nitrogens is 1. The number of hydrogen-bond acceptors (Lipinski definition) is 3. The van der Waals surface area contributed by atoms with Crippen LogP contribution in [0.4, 0.5) is 13.2 Å².